The van der Waals surface area contributed by atoms with Crippen molar-refractivity contribution in [3.63, 3.8) is 0 Å². The fraction of sp³-hybridized carbons (Fsp3) is 0.520. The largest absolute Gasteiger partial charge is 0.461 e. The zero-order valence-electron chi connectivity index (χ0n) is 20.9. The lowest BCUT2D eigenvalue weighted by atomic mass is 9.93. The monoisotopic (exact) mass is 499 g/mol. The fourth-order valence-corrected chi connectivity index (χ4v) is 4.42. The number of carbonyl (C=O) groups is 3. The first-order chi connectivity index (χ1) is 16.7. The number of azide groups is 1. The van der Waals surface area contributed by atoms with Crippen molar-refractivity contribution in [2.45, 2.75) is 66.1 Å². The molecule has 0 aliphatic rings. The van der Waals surface area contributed by atoms with Crippen LogP contribution in [0.5, 0.6) is 0 Å². The summed E-state index contributed by atoms with van der Waals surface area (Å²) >= 11 is 1.08. The summed E-state index contributed by atoms with van der Waals surface area (Å²) in [5.74, 6) is -1.38. The molecule has 2 aromatic rings. The van der Waals surface area contributed by atoms with E-state index in [0.29, 0.717) is 6.42 Å². The Morgan fingerprint density at radius 1 is 1.17 bits per heavy atom. The summed E-state index contributed by atoms with van der Waals surface area (Å²) in [6.45, 7) is 9.89. The van der Waals surface area contributed by atoms with E-state index in [0.717, 1.165) is 16.9 Å². The summed E-state index contributed by atoms with van der Waals surface area (Å²) in [7, 11) is 0. The van der Waals surface area contributed by atoms with Crippen LogP contribution in [0, 0.1) is 11.8 Å². The van der Waals surface area contributed by atoms with Gasteiger partial charge in [0.1, 0.15) is 6.04 Å². The Balaban J connectivity index is 2.39. The molecule has 0 aliphatic carbocycles. The van der Waals surface area contributed by atoms with Crippen molar-refractivity contribution in [3.05, 3.63) is 62.4 Å². The van der Waals surface area contributed by atoms with Gasteiger partial charge in [-0.1, -0.05) is 69.6 Å². The zero-order valence-corrected chi connectivity index (χ0v) is 21.7. The maximum Gasteiger partial charge on any atom is 0.357 e. The minimum atomic E-state index is -0.875. The van der Waals surface area contributed by atoms with Gasteiger partial charge in [-0.15, -0.1) is 11.3 Å². The molecular formula is C25H33N5O4S. The third kappa shape index (κ3) is 7.63. The van der Waals surface area contributed by atoms with E-state index in [1.54, 1.807) is 11.8 Å². The highest BCUT2D eigenvalue weighted by molar-refractivity contribution is 7.11. The van der Waals surface area contributed by atoms with E-state index in [-0.39, 0.29) is 53.8 Å². The average Bonchev–Trinajstić information content (AvgIpc) is 3.35. The van der Waals surface area contributed by atoms with Crippen LogP contribution in [0.1, 0.15) is 73.3 Å². The van der Waals surface area contributed by atoms with Gasteiger partial charge in [-0.25, -0.2) is 9.78 Å². The number of Topliss-reactive ketones (excluding diaryl/α,β-unsaturated/α-hetero) is 1. The molecule has 1 unspecified atom stereocenters. The van der Waals surface area contributed by atoms with Crippen LogP contribution in [-0.4, -0.2) is 46.2 Å². The predicted molar refractivity (Wildman–Crippen MR) is 135 cm³/mol. The van der Waals surface area contributed by atoms with Crippen LogP contribution >= 0.6 is 11.3 Å². The third-order valence-corrected chi connectivity index (χ3v) is 6.77. The second kappa shape index (κ2) is 13.6. The van der Waals surface area contributed by atoms with Gasteiger partial charge in [0.05, 0.1) is 6.61 Å². The van der Waals surface area contributed by atoms with Gasteiger partial charge < -0.3 is 9.64 Å². The van der Waals surface area contributed by atoms with Gasteiger partial charge in [0.25, 0.3) is 0 Å². The van der Waals surface area contributed by atoms with Gasteiger partial charge in [-0.3, -0.25) is 9.59 Å². The molecule has 1 aromatic heterocycles. The number of ether oxygens (including phenoxy) is 1. The first kappa shape index (κ1) is 28.0. The SMILES string of the molecule is CCOC(=O)c1csc(C(=O)CC(C(C)C)N(Cc2ccccc2)C(=O)[C@@H](N=[N+]=[N-])[C@H](C)CC)n1. The van der Waals surface area contributed by atoms with Crippen LogP contribution in [0.3, 0.4) is 0 Å². The highest BCUT2D eigenvalue weighted by atomic mass is 32.1. The lowest BCUT2D eigenvalue weighted by Gasteiger charge is -2.37. The number of hydrogen-bond donors (Lipinski definition) is 0. The Kier molecular flexibility index (Phi) is 10.9. The molecule has 188 valence electrons. The zero-order chi connectivity index (χ0) is 26.0. The molecule has 10 heteroatoms. The number of rotatable bonds is 13. The normalized spacial score (nSPS) is 13.4. The van der Waals surface area contributed by atoms with E-state index in [1.807, 2.05) is 58.0 Å². The van der Waals surface area contributed by atoms with Gasteiger partial charge in [0.2, 0.25) is 5.91 Å². The number of thiazole rings is 1. The van der Waals surface area contributed by atoms with Crippen LogP contribution in [0.25, 0.3) is 10.4 Å². The fourth-order valence-electron chi connectivity index (χ4n) is 3.68. The summed E-state index contributed by atoms with van der Waals surface area (Å²) in [5.41, 5.74) is 10.1. The molecule has 0 saturated heterocycles. The number of esters is 1. The molecule has 35 heavy (non-hydrogen) atoms. The van der Waals surface area contributed by atoms with E-state index in [9.17, 15) is 14.4 Å². The van der Waals surface area contributed by atoms with E-state index >= 15 is 0 Å². The van der Waals surface area contributed by atoms with E-state index in [1.165, 1.54) is 5.38 Å². The van der Waals surface area contributed by atoms with Crippen molar-refractivity contribution < 1.29 is 19.1 Å². The Morgan fingerprint density at radius 3 is 2.43 bits per heavy atom. The van der Waals surface area contributed by atoms with Crippen LogP contribution in [0.2, 0.25) is 0 Å². The number of carbonyl (C=O) groups excluding carboxylic acids is 3. The molecule has 0 spiro atoms. The molecule has 1 aromatic carbocycles. The summed E-state index contributed by atoms with van der Waals surface area (Å²) in [6.07, 6.45) is 0.686. The quantitative estimate of drug-likeness (QED) is 0.115. The molecule has 0 aliphatic heterocycles. The highest BCUT2D eigenvalue weighted by Crippen LogP contribution is 2.25. The first-order valence-electron chi connectivity index (χ1n) is 11.8. The highest BCUT2D eigenvalue weighted by Gasteiger charge is 2.35. The molecule has 0 N–H and O–H groups in total. The minimum Gasteiger partial charge on any atom is -0.461 e. The lowest BCUT2D eigenvalue weighted by molar-refractivity contribution is -0.137. The lowest BCUT2D eigenvalue weighted by Crippen LogP contribution is -2.49. The van der Waals surface area contributed by atoms with Gasteiger partial charge in [-0.05, 0) is 29.9 Å². The number of hydrogen-bond acceptors (Lipinski definition) is 7. The topological polar surface area (TPSA) is 125 Å². The number of nitrogens with zero attached hydrogens (tertiary/aromatic N) is 5. The average molecular weight is 500 g/mol. The molecule has 0 bridgehead atoms. The number of amides is 1. The molecule has 1 amide bonds. The van der Waals surface area contributed by atoms with Gasteiger partial charge in [0, 0.05) is 29.3 Å². The van der Waals surface area contributed by atoms with Crippen molar-refractivity contribution in [1.29, 1.82) is 0 Å². The minimum absolute atomic E-state index is 0.0233. The van der Waals surface area contributed by atoms with Gasteiger partial charge in [-0.2, -0.15) is 0 Å². The van der Waals surface area contributed by atoms with Crippen LogP contribution in [0.4, 0.5) is 0 Å². The van der Waals surface area contributed by atoms with E-state index in [4.69, 9.17) is 10.3 Å². The molecule has 3 atom stereocenters. The predicted octanol–water partition coefficient (Wildman–Crippen LogP) is 5.67. The standard InChI is InChI=1S/C25H33N5O4S/c1-6-17(5)22(28-29-26)24(32)30(14-18-11-9-8-10-12-18)20(16(3)4)13-21(31)23-27-19(15-35-23)25(33)34-7-2/h8-12,15-17,20,22H,6-7,13-14H2,1-5H3/t17-,20?,22+/m1/s1. The Morgan fingerprint density at radius 2 is 1.86 bits per heavy atom. The molecular weight excluding hydrogens is 466 g/mol. The summed E-state index contributed by atoms with van der Waals surface area (Å²) in [5, 5.41) is 5.52. The first-order valence-corrected chi connectivity index (χ1v) is 12.7. The van der Waals surface area contributed by atoms with Crippen LogP contribution < -0.4 is 0 Å². The summed E-state index contributed by atoms with van der Waals surface area (Å²) in [4.78, 5) is 47.6. The van der Waals surface area contributed by atoms with Crippen molar-refractivity contribution in [2.24, 2.45) is 17.0 Å². The molecule has 9 nitrogen and oxygen atoms in total. The van der Waals surface area contributed by atoms with Crippen molar-refractivity contribution in [3.8, 4) is 0 Å². The molecule has 2 rings (SSSR count). The smallest absolute Gasteiger partial charge is 0.357 e. The van der Waals surface area contributed by atoms with E-state index in [2.05, 4.69) is 15.0 Å². The van der Waals surface area contributed by atoms with Crippen molar-refractivity contribution in [1.82, 2.24) is 9.88 Å². The Labute approximate surface area is 210 Å². The molecule has 1 heterocycles. The van der Waals surface area contributed by atoms with E-state index < -0.39 is 18.1 Å². The maximum absolute atomic E-state index is 13.7. The second-order valence-electron chi connectivity index (χ2n) is 8.68. The number of aromatic nitrogens is 1. The maximum atomic E-state index is 13.7. The third-order valence-electron chi connectivity index (χ3n) is 5.88. The summed E-state index contributed by atoms with van der Waals surface area (Å²) < 4.78 is 4.96. The van der Waals surface area contributed by atoms with Gasteiger partial charge in [0.15, 0.2) is 16.5 Å². The molecule has 0 fully saturated rings. The molecule has 0 radical (unpaired) electrons. The Hall–Kier alpha value is -3.23. The molecule has 0 saturated carbocycles. The van der Waals surface area contributed by atoms with Gasteiger partial charge >= 0.3 is 5.97 Å². The second-order valence-corrected chi connectivity index (χ2v) is 9.54. The van der Waals surface area contributed by atoms with Crippen molar-refractivity contribution in [2.75, 3.05) is 6.61 Å². The van der Waals surface area contributed by atoms with Crippen molar-refractivity contribution >= 4 is 29.0 Å². The number of benzene rings is 1. The number of ketones is 1. The van der Waals surface area contributed by atoms with Crippen LogP contribution in [0.15, 0.2) is 40.8 Å². The van der Waals surface area contributed by atoms with Crippen LogP contribution in [-0.2, 0) is 16.1 Å². The summed E-state index contributed by atoms with van der Waals surface area (Å²) in [6, 6.07) is 8.16. The Bertz CT molecular complexity index is 1050.